The van der Waals surface area contributed by atoms with Gasteiger partial charge in [0, 0.05) is 5.56 Å². The Morgan fingerprint density at radius 2 is 1.75 bits per heavy atom. The predicted octanol–water partition coefficient (Wildman–Crippen LogP) is 2.98. The summed E-state index contributed by atoms with van der Waals surface area (Å²) in [7, 11) is 0. The molecule has 1 atom stereocenters. The molecule has 0 unspecified atom stereocenters. The third kappa shape index (κ3) is 3.12. The highest BCUT2D eigenvalue weighted by atomic mass is 16.3. The molecule has 1 N–H and O–H groups in total. The molecule has 0 spiro atoms. The van der Waals surface area contributed by atoms with E-state index in [9.17, 15) is 5.11 Å². The molecule has 84 valence electrons. The topological polar surface area (TPSA) is 20.2 Å². The number of rotatable bonds is 1. The van der Waals surface area contributed by atoms with E-state index in [1.165, 1.54) is 19.3 Å². The third-order valence-corrected chi connectivity index (χ3v) is 3.23. The van der Waals surface area contributed by atoms with Crippen LogP contribution in [0, 0.1) is 17.8 Å². The minimum Gasteiger partial charge on any atom is -0.380 e. The predicted molar refractivity (Wildman–Crippen MR) is 65.9 cm³/mol. The molecule has 0 radical (unpaired) electrons. The lowest BCUT2D eigenvalue weighted by Gasteiger charge is -2.23. The summed E-state index contributed by atoms with van der Waals surface area (Å²) in [6, 6.07) is 9.86. The highest BCUT2D eigenvalue weighted by molar-refractivity contribution is 5.34. The van der Waals surface area contributed by atoms with Crippen molar-refractivity contribution in [3.8, 4) is 11.8 Å². The van der Waals surface area contributed by atoms with Crippen molar-refractivity contribution in [2.45, 2.75) is 38.2 Å². The SMILES string of the molecule is O[C@@H](C#Cc1ccccc1)C1CCCCC1. The van der Waals surface area contributed by atoms with Crippen LogP contribution in [-0.2, 0) is 0 Å². The monoisotopic (exact) mass is 214 g/mol. The molecule has 1 fully saturated rings. The van der Waals surface area contributed by atoms with E-state index in [0.29, 0.717) is 5.92 Å². The first-order valence-electron chi connectivity index (χ1n) is 6.11. The molecule has 1 heteroatoms. The van der Waals surface area contributed by atoms with Crippen LogP contribution in [0.3, 0.4) is 0 Å². The first-order valence-corrected chi connectivity index (χ1v) is 6.11. The van der Waals surface area contributed by atoms with Gasteiger partial charge in [0.05, 0.1) is 0 Å². The Bertz CT molecular complexity index is 365. The van der Waals surface area contributed by atoms with Gasteiger partial charge < -0.3 is 5.11 Å². The fraction of sp³-hybridized carbons (Fsp3) is 0.467. The van der Waals surface area contributed by atoms with Crippen molar-refractivity contribution in [1.82, 2.24) is 0 Å². The fourth-order valence-electron chi connectivity index (χ4n) is 2.25. The van der Waals surface area contributed by atoms with Crippen molar-refractivity contribution in [3.05, 3.63) is 35.9 Å². The Balaban J connectivity index is 1.96. The van der Waals surface area contributed by atoms with Crippen molar-refractivity contribution in [2.24, 2.45) is 5.92 Å². The first-order chi connectivity index (χ1) is 7.86. The lowest BCUT2D eigenvalue weighted by Crippen LogP contribution is -2.21. The Labute approximate surface area is 97.5 Å². The molecule has 0 saturated heterocycles. The van der Waals surface area contributed by atoms with Crippen LogP contribution in [0.2, 0.25) is 0 Å². The van der Waals surface area contributed by atoms with Crippen LogP contribution < -0.4 is 0 Å². The summed E-state index contributed by atoms with van der Waals surface area (Å²) in [4.78, 5) is 0. The van der Waals surface area contributed by atoms with Crippen LogP contribution in [0.4, 0.5) is 0 Å². The van der Waals surface area contributed by atoms with Gasteiger partial charge in [-0.3, -0.25) is 0 Å². The molecule has 0 aliphatic heterocycles. The third-order valence-electron chi connectivity index (χ3n) is 3.23. The first kappa shape index (κ1) is 11.2. The molecular formula is C15H18O. The molecule has 1 aliphatic rings. The summed E-state index contributed by atoms with van der Waals surface area (Å²) in [6.45, 7) is 0. The summed E-state index contributed by atoms with van der Waals surface area (Å²) in [5.41, 5.74) is 0.984. The lowest BCUT2D eigenvalue weighted by molar-refractivity contribution is 0.133. The van der Waals surface area contributed by atoms with Gasteiger partial charge in [-0.15, -0.1) is 0 Å². The number of hydrogen-bond acceptors (Lipinski definition) is 1. The lowest BCUT2D eigenvalue weighted by atomic mass is 9.85. The molecule has 0 amide bonds. The summed E-state index contributed by atoms with van der Waals surface area (Å²) >= 11 is 0. The van der Waals surface area contributed by atoms with E-state index in [-0.39, 0.29) is 0 Å². The number of benzene rings is 1. The maximum Gasteiger partial charge on any atom is 0.117 e. The van der Waals surface area contributed by atoms with E-state index < -0.39 is 6.10 Å². The van der Waals surface area contributed by atoms with E-state index in [0.717, 1.165) is 18.4 Å². The maximum absolute atomic E-state index is 9.96. The second kappa shape index (κ2) is 5.72. The smallest absolute Gasteiger partial charge is 0.117 e. The van der Waals surface area contributed by atoms with Crippen molar-refractivity contribution in [3.63, 3.8) is 0 Å². The summed E-state index contributed by atoms with van der Waals surface area (Å²) in [5.74, 6) is 6.41. The molecule has 0 bridgehead atoms. The zero-order chi connectivity index (χ0) is 11.2. The van der Waals surface area contributed by atoms with Gasteiger partial charge in [0.1, 0.15) is 6.10 Å². The summed E-state index contributed by atoms with van der Waals surface area (Å²) in [6.07, 6.45) is 5.62. The van der Waals surface area contributed by atoms with Crippen LogP contribution in [-0.4, -0.2) is 11.2 Å². The molecule has 1 aliphatic carbocycles. The van der Waals surface area contributed by atoms with Crippen LogP contribution in [0.25, 0.3) is 0 Å². The van der Waals surface area contributed by atoms with Gasteiger partial charge in [-0.2, -0.15) is 0 Å². The Morgan fingerprint density at radius 3 is 2.44 bits per heavy atom. The van der Waals surface area contributed by atoms with Crippen molar-refractivity contribution >= 4 is 0 Å². The quantitative estimate of drug-likeness (QED) is 0.713. The molecule has 0 aromatic heterocycles. The molecule has 16 heavy (non-hydrogen) atoms. The molecule has 1 aromatic carbocycles. The minimum absolute atomic E-state index is 0.393. The van der Waals surface area contributed by atoms with Crippen molar-refractivity contribution in [1.29, 1.82) is 0 Å². The molecule has 2 rings (SSSR count). The average Bonchev–Trinajstić information content (AvgIpc) is 2.38. The molecule has 1 nitrogen and oxygen atoms in total. The maximum atomic E-state index is 9.96. The van der Waals surface area contributed by atoms with E-state index >= 15 is 0 Å². The summed E-state index contributed by atoms with van der Waals surface area (Å²) in [5, 5.41) is 9.96. The van der Waals surface area contributed by atoms with Gasteiger partial charge in [-0.1, -0.05) is 49.3 Å². The highest BCUT2D eigenvalue weighted by Gasteiger charge is 2.19. The van der Waals surface area contributed by atoms with Crippen molar-refractivity contribution in [2.75, 3.05) is 0 Å². The second-order valence-corrected chi connectivity index (χ2v) is 4.48. The van der Waals surface area contributed by atoms with Crippen molar-refractivity contribution < 1.29 is 5.11 Å². The van der Waals surface area contributed by atoms with E-state index in [1.54, 1.807) is 0 Å². The van der Waals surface area contributed by atoms with Gasteiger partial charge in [0.2, 0.25) is 0 Å². The van der Waals surface area contributed by atoms with Crippen LogP contribution >= 0.6 is 0 Å². The standard InChI is InChI=1S/C15H18O/c16-15(14-9-5-2-6-10-14)12-11-13-7-3-1-4-8-13/h1,3-4,7-8,14-16H,2,5-6,9-10H2/t15-/m0/s1. The van der Waals surface area contributed by atoms with Gasteiger partial charge in [0.15, 0.2) is 0 Å². The summed E-state index contributed by atoms with van der Waals surface area (Å²) < 4.78 is 0. The molecular weight excluding hydrogens is 196 g/mol. The average molecular weight is 214 g/mol. The normalized spacial score (nSPS) is 18.6. The zero-order valence-corrected chi connectivity index (χ0v) is 9.52. The zero-order valence-electron chi connectivity index (χ0n) is 9.52. The second-order valence-electron chi connectivity index (χ2n) is 4.48. The van der Waals surface area contributed by atoms with E-state index in [4.69, 9.17) is 0 Å². The van der Waals surface area contributed by atoms with Gasteiger partial charge in [-0.05, 0) is 30.9 Å². The van der Waals surface area contributed by atoms with Crippen LogP contribution in [0.1, 0.15) is 37.7 Å². The largest absolute Gasteiger partial charge is 0.380 e. The Hall–Kier alpha value is -1.26. The Morgan fingerprint density at radius 1 is 1.06 bits per heavy atom. The van der Waals surface area contributed by atoms with E-state index in [1.807, 2.05) is 30.3 Å². The van der Waals surface area contributed by atoms with E-state index in [2.05, 4.69) is 11.8 Å². The minimum atomic E-state index is -0.444. The molecule has 1 saturated carbocycles. The van der Waals surface area contributed by atoms with Gasteiger partial charge >= 0.3 is 0 Å². The molecule has 0 heterocycles. The number of aliphatic hydroxyl groups excluding tert-OH is 1. The fourth-order valence-corrected chi connectivity index (χ4v) is 2.25. The highest BCUT2D eigenvalue weighted by Crippen LogP contribution is 2.26. The molecule has 1 aromatic rings. The number of hydrogen-bond donors (Lipinski definition) is 1. The van der Waals surface area contributed by atoms with Gasteiger partial charge in [-0.25, -0.2) is 0 Å². The Kier molecular flexibility index (Phi) is 4.02. The number of aliphatic hydroxyl groups is 1. The van der Waals surface area contributed by atoms with Crippen LogP contribution in [0.5, 0.6) is 0 Å². The van der Waals surface area contributed by atoms with Gasteiger partial charge in [0.25, 0.3) is 0 Å². The van der Waals surface area contributed by atoms with Crippen LogP contribution in [0.15, 0.2) is 30.3 Å².